The minimum Gasteiger partial charge on any atom is -0.294 e. The fraction of sp³-hybridized carbons (Fsp3) is 0.333. The molecule has 0 aliphatic carbocycles. The summed E-state index contributed by atoms with van der Waals surface area (Å²) in [5.74, 6) is -0.428. The minimum absolute atomic E-state index is 0.0251. The monoisotopic (exact) mass is 203 g/mol. The summed E-state index contributed by atoms with van der Waals surface area (Å²) in [5.41, 5.74) is -1.00. The van der Waals surface area contributed by atoms with Crippen LogP contribution < -0.4 is 0 Å². The molecule has 1 aromatic heterocycles. The SMILES string of the molecule is CC(=O)c1cnc(C)c(C(F)(F)F)c1. The number of aryl methyl sites for hydroxylation is 1. The Labute approximate surface area is 78.8 Å². The largest absolute Gasteiger partial charge is 0.418 e. The zero-order valence-corrected chi connectivity index (χ0v) is 7.64. The Morgan fingerprint density at radius 3 is 2.43 bits per heavy atom. The molecule has 14 heavy (non-hydrogen) atoms. The second-order valence-corrected chi connectivity index (χ2v) is 2.91. The number of rotatable bonds is 1. The fourth-order valence-corrected chi connectivity index (χ4v) is 1.01. The molecule has 5 heteroatoms. The average Bonchev–Trinajstić information content (AvgIpc) is 2.02. The van der Waals surface area contributed by atoms with Crippen LogP contribution in [0, 0.1) is 6.92 Å². The Kier molecular flexibility index (Phi) is 2.59. The van der Waals surface area contributed by atoms with E-state index < -0.39 is 17.5 Å². The van der Waals surface area contributed by atoms with Gasteiger partial charge in [0, 0.05) is 17.5 Å². The third-order valence-electron chi connectivity index (χ3n) is 1.80. The van der Waals surface area contributed by atoms with Crippen LogP contribution in [-0.2, 0) is 6.18 Å². The second-order valence-electron chi connectivity index (χ2n) is 2.91. The number of halogens is 3. The van der Waals surface area contributed by atoms with E-state index in [4.69, 9.17) is 0 Å². The van der Waals surface area contributed by atoms with Crippen molar-refractivity contribution in [2.24, 2.45) is 0 Å². The molecular formula is C9H8F3NO. The summed E-state index contributed by atoms with van der Waals surface area (Å²) >= 11 is 0. The number of alkyl halides is 3. The van der Waals surface area contributed by atoms with Crippen LogP contribution in [0.4, 0.5) is 13.2 Å². The Bertz CT molecular complexity index is 371. The number of pyridine rings is 1. The highest BCUT2D eigenvalue weighted by molar-refractivity contribution is 5.93. The van der Waals surface area contributed by atoms with Crippen LogP contribution in [0.5, 0.6) is 0 Å². The minimum atomic E-state index is -4.46. The molecule has 0 saturated heterocycles. The fourth-order valence-electron chi connectivity index (χ4n) is 1.01. The lowest BCUT2D eigenvalue weighted by Gasteiger charge is -2.09. The first kappa shape index (κ1) is 10.7. The van der Waals surface area contributed by atoms with E-state index in [1.165, 1.54) is 13.8 Å². The molecule has 1 aromatic rings. The molecule has 0 atom stereocenters. The Morgan fingerprint density at radius 1 is 1.43 bits per heavy atom. The van der Waals surface area contributed by atoms with Crippen LogP contribution in [0.2, 0.25) is 0 Å². The summed E-state index contributed by atoms with van der Waals surface area (Å²) in [4.78, 5) is 14.4. The molecule has 0 aromatic carbocycles. The van der Waals surface area contributed by atoms with Crippen molar-refractivity contribution in [2.45, 2.75) is 20.0 Å². The summed E-state index contributed by atoms with van der Waals surface area (Å²) in [7, 11) is 0. The van der Waals surface area contributed by atoms with Crippen LogP contribution >= 0.6 is 0 Å². The summed E-state index contributed by atoms with van der Waals surface area (Å²) in [6, 6.07) is 0.824. The van der Waals surface area contributed by atoms with Crippen molar-refractivity contribution >= 4 is 5.78 Å². The van der Waals surface area contributed by atoms with E-state index in [0.717, 1.165) is 12.3 Å². The molecule has 76 valence electrons. The van der Waals surface area contributed by atoms with Crippen molar-refractivity contribution in [2.75, 3.05) is 0 Å². The molecule has 0 radical (unpaired) electrons. The van der Waals surface area contributed by atoms with Crippen molar-refractivity contribution in [1.82, 2.24) is 4.98 Å². The first-order valence-corrected chi connectivity index (χ1v) is 3.87. The van der Waals surface area contributed by atoms with Crippen molar-refractivity contribution in [3.63, 3.8) is 0 Å². The van der Waals surface area contributed by atoms with Gasteiger partial charge in [-0.25, -0.2) is 0 Å². The average molecular weight is 203 g/mol. The number of nitrogens with zero attached hydrogens (tertiary/aromatic N) is 1. The number of hydrogen-bond acceptors (Lipinski definition) is 2. The van der Waals surface area contributed by atoms with E-state index in [1.54, 1.807) is 0 Å². The van der Waals surface area contributed by atoms with Gasteiger partial charge >= 0.3 is 6.18 Å². The highest BCUT2D eigenvalue weighted by atomic mass is 19.4. The molecule has 0 spiro atoms. The molecule has 0 aliphatic heterocycles. The number of aromatic nitrogens is 1. The standard InChI is InChI=1S/C9H8F3NO/c1-5-8(9(10,11)12)3-7(4-13-5)6(2)14/h3-4H,1-2H3. The number of carbonyl (C=O) groups is 1. The zero-order chi connectivity index (χ0) is 10.9. The van der Waals surface area contributed by atoms with E-state index in [0.29, 0.717) is 0 Å². The van der Waals surface area contributed by atoms with Gasteiger partial charge in [-0.05, 0) is 19.9 Å². The second kappa shape index (κ2) is 3.40. The molecule has 0 unspecified atom stereocenters. The third kappa shape index (κ3) is 2.10. The third-order valence-corrected chi connectivity index (χ3v) is 1.80. The number of ketones is 1. The molecule has 0 amide bonds. The Hall–Kier alpha value is -1.39. The number of carbonyl (C=O) groups excluding carboxylic acids is 1. The normalized spacial score (nSPS) is 11.5. The molecule has 0 N–H and O–H groups in total. The van der Waals surface area contributed by atoms with Gasteiger partial charge in [-0.15, -0.1) is 0 Å². The van der Waals surface area contributed by atoms with Crippen LogP contribution in [0.1, 0.15) is 28.5 Å². The van der Waals surface area contributed by atoms with Crippen LogP contribution in [0.25, 0.3) is 0 Å². The first-order valence-electron chi connectivity index (χ1n) is 3.87. The van der Waals surface area contributed by atoms with Gasteiger partial charge in [-0.2, -0.15) is 13.2 Å². The molecule has 0 saturated carbocycles. The molecule has 2 nitrogen and oxygen atoms in total. The van der Waals surface area contributed by atoms with Gasteiger partial charge in [-0.3, -0.25) is 9.78 Å². The predicted octanol–water partition coefficient (Wildman–Crippen LogP) is 2.61. The van der Waals surface area contributed by atoms with E-state index in [2.05, 4.69) is 4.98 Å². The van der Waals surface area contributed by atoms with E-state index in [9.17, 15) is 18.0 Å². The van der Waals surface area contributed by atoms with E-state index >= 15 is 0 Å². The maximum atomic E-state index is 12.3. The van der Waals surface area contributed by atoms with E-state index in [1.807, 2.05) is 0 Å². The molecule has 1 rings (SSSR count). The molecule has 0 aliphatic rings. The topological polar surface area (TPSA) is 30.0 Å². The summed E-state index contributed by atoms with van der Waals surface area (Å²) in [6.45, 7) is 2.46. The lowest BCUT2D eigenvalue weighted by molar-refractivity contribution is -0.138. The quantitative estimate of drug-likeness (QED) is 0.656. The highest BCUT2D eigenvalue weighted by Crippen LogP contribution is 2.31. The molecule has 0 bridgehead atoms. The van der Waals surface area contributed by atoms with Gasteiger partial charge in [0.15, 0.2) is 5.78 Å². The van der Waals surface area contributed by atoms with Gasteiger partial charge in [0.2, 0.25) is 0 Å². The van der Waals surface area contributed by atoms with Gasteiger partial charge in [0.1, 0.15) is 0 Å². The van der Waals surface area contributed by atoms with Crippen LogP contribution in [-0.4, -0.2) is 10.8 Å². The summed E-state index contributed by atoms with van der Waals surface area (Å²) < 4.78 is 37.0. The Balaban J connectivity index is 3.29. The van der Waals surface area contributed by atoms with Crippen molar-refractivity contribution in [3.05, 3.63) is 29.1 Å². The van der Waals surface area contributed by atoms with Gasteiger partial charge in [0.25, 0.3) is 0 Å². The van der Waals surface area contributed by atoms with Crippen LogP contribution in [0.15, 0.2) is 12.3 Å². The zero-order valence-electron chi connectivity index (χ0n) is 7.64. The predicted molar refractivity (Wildman–Crippen MR) is 44.0 cm³/mol. The number of hydrogen-bond donors (Lipinski definition) is 0. The van der Waals surface area contributed by atoms with Crippen molar-refractivity contribution in [1.29, 1.82) is 0 Å². The highest BCUT2D eigenvalue weighted by Gasteiger charge is 2.33. The summed E-state index contributed by atoms with van der Waals surface area (Å²) in [5, 5.41) is 0. The number of Topliss-reactive ketones (excluding diaryl/α,β-unsaturated/α-hetero) is 1. The Morgan fingerprint density at radius 2 is 2.00 bits per heavy atom. The van der Waals surface area contributed by atoms with Gasteiger partial charge in [0.05, 0.1) is 5.56 Å². The maximum Gasteiger partial charge on any atom is 0.418 e. The van der Waals surface area contributed by atoms with Crippen LogP contribution in [0.3, 0.4) is 0 Å². The van der Waals surface area contributed by atoms with Gasteiger partial charge < -0.3 is 0 Å². The van der Waals surface area contributed by atoms with Crippen molar-refractivity contribution in [3.8, 4) is 0 Å². The first-order chi connectivity index (χ1) is 6.32. The molecule has 1 heterocycles. The van der Waals surface area contributed by atoms with Crippen molar-refractivity contribution < 1.29 is 18.0 Å². The smallest absolute Gasteiger partial charge is 0.294 e. The van der Waals surface area contributed by atoms with Gasteiger partial charge in [-0.1, -0.05) is 0 Å². The molecular weight excluding hydrogens is 195 g/mol. The summed E-state index contributed by atoms with van der Waals surface area (Å²) in [6.07, 6.45) is -3.31. The van der Waals surface area contributed by atoms with E-state index in [-0.39, 0.29) is 11.3 Å². The lowest BCUT2D eigenvalue weighted by atomic mass is 10.1. The lowest BCUT2D eigenvalue weighted by Crippen LogP contribution is -2.10. The molecule has 0 fully saturated rings. The maximum absolute atomic E-state index is 12.3.